The molecule has 1 unspecified atom stereocenters. The van der Waals surface area contributed by atoms with E-state index in [0.717, 1.165) is 6.42 Å². The van der Waals surface area contributed by atoms with Crippen molar-refractivity contribution in [3.05, 3.63) is 33.9 Å². The molecule has 2 N–H and O–H groups in total. The van der Waals surface area contributed by atoms with E-state index in [1.807, 2.05) is 6.07 Å². The van der Waals surface area contributed by atoms with E-state index in [2.05, 4.69) is 10.6 Å². The molecule has 7 heteroatoms. The van der Waals surface area contributed by atoms with Gasteiger partial charge in [-0.05, 0) is 18.6 Å². The second kappa shape index (κ2) is 5.35. The first-order valence-electron chi connectivity index (χ1n) is 5.82. The number of carbonyl (C=O) groups is 1. The third-order valence-electron chi connectivity index (χ3n) is 2.95. The van der Waals surface area contributed by atoms with Crippen LogP contribution in [0, 0.1) is 21.4 Å². The molecule has 19 heavy (non-hydrogen) atoms. The minimum Gasteiger partial charge on any atom is -0.377 e. The third-order valence-corrected chi connectivity index (χ3v) is 2.95. The summed E-state index contributed by atoms with van der Waals surface area (Å²) < 4.78 is 0. The van der Waals surface area contributed by atoms with Gasteiger partial charge in [0.25, 0.3) is 5.69 Å². The van der Waals surface area contributed by atoms with E-state index in [1.165, 1.54) is 18.2 Å². The lowest BCUT2D eigenvalue weighted by Gasteiger charge is -2.12. The van der Waals surface area contributed by atoms with E-state index in [1.54, 1.807) is 0 Å². The molecule has 1 amide bonds. The number of nitro groups is 1. The minimum absolute atomic E-state index is 0.00104. The highest BCUT2D eigenvalue weighted by Crippen LogP contribution is 2.25. The van der Waals surface area contributed by atoms with E-state index >= 15 is 0 Å². The Labute approximate surface area is 109 Å². The van der Waals surface area contributed by atoms with Crippen LogP contribution in [0.25, 0.3) is 0 Å². The Morgan fingerprint density at radius 2 is 2.37 bits per heavy atom. The number of rotatable bonds is 4. The molecule has 1 atom stereocenters. The van der Waals surface area contributed by atoms with Crippen LogP contribution in [0.15, 0.2) is 18.2 Å². The highest BCUT2D eigenvalue weighted by atomic mass is 16.6. The highest BCUT2D eigenvalue weighted by Gasteiger charge is 2.21. The van der Waals surface area contributed by atoms with Crippen molar-refractivity contribution in [3.63, 3.8) is 0 Å². The molecule has 0 saturated carbocycles. The zero-order valence-corrected chi connectivity index (χ0v) is 10.0. The zero-order chi connectivity index (χ0) is 13.8. The Morgan fingerprint density at radius 1 is 1.58 bits per heavy atom. The fourth-order valence-electron chi connectivity index (χ4n) is 1.97. The maximum absolute atomic E-state index is 11.0. The average molecular weight is 260 g/mol. The summed E-state index contributed by atoms with van der Waals surface area (Å²) in [5, 5.41) is 25.4. The first-order chi connectivity index (χ1) is 9.10. The smallest absolute Gasteiger partial charge is 0.293 e. The van der Waals surface area contributed by atoms with Gasteiger partial charge >= 0.3 is 0 Å². The van der Waals surface area contributed by atoms with Gasteiger partial charge in [-0.2, -0.15) is 5.26 Å². The number of carbonyl (C=O) groups excluding carboxylic acids is 1. The van der Waals surface area contributed by atoms with E-state index in [-0.39, 0.29) is 23.2 Å². The molecule has 1 aromatic carbocycles. The van der Waals surface area contributed by atoms with E-state index in [9.17, 15) is 14.9 Å². The predicted octanol–water partition coefficient (Wildman–Crippen LogP) is 1.16. The third kappa shape index (κ3) is 2.98. The molecule has 0 spiro atoms. The number of nitrogens with one attached hydrogen (secondary N) is 2. The summed E-state index contributed by atoms with van der Waals surface area (Å²) in [6, 6.07) is 6.11. The van der Waals surface area contributed by atoms with Crippen LogP contribution >= 0.6 is 0 Å². The maximum atomic E-state index is 11.0. The summed E-state index contributed by atoms with van der Waals surface area (Å²) in [5.74, 6) is 0.00104. The molecular weight excluding hydrogens is 248 g/mol. The highest BCUT2D eigenvalue weighted by molar-refractivity contribution is 5.78. The first kappa shape index (κ1) is 12.8. The van der Waals surface area contributed by atoms with Crippen molar-refractivity contribution < 1.29 is 9.72 Å². The molecule has 0 aromatic heterocycles. The monoisotopic (exact) mass is 260 g/mol. The normalized spacial score (nSPS) is 17.6. The van der Waals surface area contributed by atoms with Crippen molar-refractivity contribution in [3.8, 4) is 6.07 Å². The molecule has 0 bridgehead atoms. The molecule has 7 nitrogen and oxygen atoms in total. The van der Waals surface area contributed by atoms with Gasteiger partial charge < -0.3 is 10.6 Å². The Hall–Kier alpha value is -2.62. The van der Waals surface area contributed by atoms with Crippen LogP contribution < -0.4 is 10.6 Å². The van der Waals surface area contributed by atoms with Crippen molar-refractivity contribution in [2.24, 2.45) is 0 Å². The quantitative estimate of drug-likeness (QED) is 0.623. The van der Waals surface area contributed by atoms with Gasteiger partial charge in [-0.25, -0.2) is 0 Å². The number of nitriles is 1. The van der Waals surface area contributed by atoms with Crippen LogP contribution in [-0.2, 0) is 4.79 Å². The van der Waals surface area contributed by atoms with Crippen molar-refractivity contribution in [1.29, 1.82) is 5.26 Å². The fourth-order valence-corrected chi connectivity index (χ4v) is 1.97. The van der Waals surface area contributed by atoms with Crippen LogP contribution in [0.4, 0.5) is 11.4 Å². The standard InChI is InChI=1S/C12H12N4O3/c13-6-8-1-3-10(11(5-8)16(18)19)14-7-9-2-4-12(17)15-9/h1,3,5,9,14H,2,4,7H2,(H,15,17). The molecule has 2 rings (SSSR count). The second-order valence-electron chi connectivity index (χ2n) is 4.28. The lowest BCUT2D eigenvalue weighted by molar-refractivity contribution is -0.384. The number of hydrogen-bond acceptors (Lipinski definition) is 5. The summed E-state index contributed by atoms with van der Waals surface area (Å²) in [5.41, 5.74) is 0.458. The molecule has 1 aliphatic rings. The molecule has 1 aliphatic heterocycles. The number of amides is 1. The Morgan fingerprint density at radius 3 is 2.95 bits per heavy atom. The molecular formula is C12H12N4O3. The number of nitro benzene ring substituents is 1. The molecule has 1 saturated heterocycles. The SMILES string of the molecule is N#Cc1ccc(NCC2CCC(=O)N2)c([N+](=O)[O-])c1. The first-order valence-corrected chi connectivity index (χ1v) is 5.82. The topological polar surface area (TPSA) is 108 Å². The van der Waals surface area contributed by atoms with Gasteiger partial charge in [-0.1, -0.05) is 0 Å². The summed E-state index contributed by atoms with van der Waals surface area (Å²) >= 11 is 0. The van der Waals surface area contributed by atoms with Gasteiger partial charge in [0.15, 0.2) is 0 Å². The molecule has 0 aliphatic carbocycles. The zero-order valence-electron chi connectivity index (χ0n) is 10.0. The number of anilines is 1. The van der Waals surface area contributed by atoms with E-state index in [0.29, 0.717) is 18.7 Å². The van der Waals surface area contributed by atoms with Gasteiger partial charge in [-0.3, -0.25) is 14.9 Å². The van der Waals surface area contributed by atoms with Crippen LogP contribution in [0.5, 0.6) is 0 Å². The van der Waals surface area contributed by atoms with Crippen molar-refractivity contribution in [2.45, 2.75) is 18.9 Å². The molecule has 1 fully saturated rings. The van der Waals surface area contributed by atoms with Crippen LogP contribution in [0.2, 0.25) is 0 Å². The van der Waals surface area contributed by atoms with Crippen molar-refractivity contribution in [1.82, 2.24) is 5.32 Å². The van der Waals surface area contributed by atoms with Crippen LogP contribution in [0.3, 0.4) is 0 Å². The van der Waals surface area contributed by atoms with Gasteiger partial charge in [0.2, 0.25) is 5.91 Å². The van der Waals surface area contributed by atoms with E-state index in [4.69, 9.17) is 5.26 Å². The maximum Gasteiger partial charge on any atom is 0.293 e. The number of hydrogen-bond donors (Lipinski definition) is 2. The van der Waals surface area contributed by atoms with Crippen LogP contribution in [-0.4, -0.2) is 23.4 Å². The Kier molecular flexibility index (Phi) is 3.61. The summed E-state index contributed by atoms with van der Waals surface area (Å²) in [6.45, 7) is 0.429. The van der Waals surface area contributed by atoms with Crippen molar-refractivity contribution in [2.75, 3.05) is 11.9 Å². The van der Waals surface area contributed by atoms with Crippen LogP contribution in [0.1, 0.15) is 18.4 Å². The van der Waals surface area contributed by atoms with Gasteiger partial charge in [0, 0.05) is 25.1 Å². The van der Waals surface area contributed by atoms with Gasteiger partial charge in [-0.15, -0.1) is 0 Å². The lowest BCUT2D eigenvalue weighted by atomic mass is 10.1. The summed E-state index contributed by atoms with van der Waals surface area (Å²) in [7, 11) is 0. The number of benzene rings is 1. The largest absolute Gasteiger partial charge is 0.377 e. The average Bonchev–Trinajstić information content (AvgIpc) is 2.82. The molecule has 1 heterocycles. The van der Waals surface area contributed by atoms with Crippen molar-refractivity contribution >= 4 is 17.3 Å². The van der Waals surface area contributed by atoms with Gasteiger partial charge in [0.1, 0.15) is 5.69 Å². The second-order valence-corrected chi connectivity index (χ2v) is 4.28. The predicted molar refractivity (Wildman–Crippen MR) is 67.5 cm³/mol. The summed E-state index contributed by atoms with van der Waals surface area (Å²) in [6.07, 6.45) is 1.21. The fraction of sp³-hybridized carbons (Fsp3) is 0.333. The summed E-state index contributed by atoms with van der Waals surface area (Å²) in [4.78, 5) is 21.4. The van der Waals surface area contributed by atoms with E-state index < -0.39 is 4.92 Å². The Balaban J connectivity index is 2.09. The molecule has 0 radical (unpaired) electrons. The number of nitrogens with zero attached hydrogens (tertiary/aromatic N) is 2. The van der Waals surface area contributed by atoms with Gasteiger partial charge in [0.05, 0.1) is 16.6 Å². The lowest BCUT2D eigenvalue weighted by Crippen LogP contribution is -2.31. The minimum atomic E-state index is -0.531. The molecule has 1 aromatic rings. The Bertz CT molecular complexity index is 565. The molecule has 98 valence electrons.